The van der Waals surface area contributed by atoms with E-state index in [1.54, 1.807) is 6.07 Å². The molecule has 0 aliphatic heterocycles. The lowest BCUT2D eigenvalue weighted by atomic mass is 9.84. The third-order valence-electron chi connectivity index (χ3n) is 2.54. The maximum atomic E-state index is 11.0. The monoisotopic (exact) mass is 198 g/mol. The molecule has 1 aromatic rings. The number of ketones is 1. The van der Waals surface area contributed by atoms with Crippen LogP contribution in [0.4, 0.5) is 0 Å². The quantitative estimate of drug-likeness (QED) is 0.682. The lowest BCUT2D eigenvalue weighted by Crippen LogP contribution is -2.07. The van der Waals surface area contributed by atoms with Crippen molar-refractivity contribution in [2.24, 2.45) is 0 Å². The van der Waals surface area contributed by atoms with E-state index in [4.69, 9.17) is 16.0 Å². The second-order valence-corrected chi connectivity index (χ2v) is 3.91. The summed E-state index contributed by atoms with van der Waals surface area (Å²) < 4.78 is 5.40. The highest BCUT2D eigenvalue weighted by molar-refractivity contribution is 6.31. The van der Waals surface area contributed by atoms with E-state index < -0.39 is 0 Å². The highest BCUT2D eigenvalue weighted by Gasteiger charge is 2.26. The van der Waals surface area contributed by atoms with Crippen LogP contribution in [0.3, 0.4) is 0 Å². The first-order valence-corrected chi connectivity index (χ1v) is 4.86. The Bertz CT molecular complexity index is 337. The first-order valence-electron chi connectivity index (χ1n) is 4.48. The van der Waals surface area contributed by atoms with E-state index in [1.807, 2.05) is 0 Å². The summed E-state index contributed by atoms with van der Waals surface area (Å²) in [5.74, 6) is 1.57. The Hall–Kier alpha value is -0.760. The van der Waals surface area contributed by atoms with Crippen LogP contribution in [0, 0.1) is 0 Å². The summed E-state index contributed by atoms with van der Waals surface area (Å²) in [5.41, 5.74) is 0. The molecule has 13 heavy (non-hydrogen) atoms. The van der Waals surface area contributed by atoms with Gasteiger partial charge in [0.15, 0.2) is 11.5 Å². The molecule has 1 fully saturated rings. The summed E-state index contributed by atoms with van der Waals surface area (Å²) in [6.45, 7) is 1.49. The van der Waals surface area contributed by atoms with Gasteiger partial charge in [-0.3, -0.25) is 4.79 Å². The van der Waals surface area contributed by atoms with Gasteiger partial charge in [-0.2, -0.15) is 0 Å². The zero-order valence-electron chi connectivity index (χ0n) is 7.47. The predicted molar refractivity (Wildman–Crippen MR) is 50.3 cm³/mol. The van der Waals surface area contributed by atoms with Crippen molar-refractivity contribution in [3.05, 3.63) is 22.6 Å². The first-order chi connectivity index (χ1) is 6.18. The molecule has 0 unspecified atom stereocenters. The maximum absolute atomic E-state index is 11.0. The number of hydrogen-bond donors (Lipinski definition) is 0. The molecule has 0 spiro atoms. The molecule has 0 bridgehead atoms. The van der Waals surface area contributed by atoms with Crippen LogP contribution in [0.2, 0.25) is 5.02 Å². The number of carbonyl (C=O) groups excluding carboxylic acids is 1. The second-order valence-electron chi connectivity index (χ2n) is 3.51. The Morgan fingerprint density at radius 3 is 2.69 bits per heavy atom. The molecule has 0 aromatic carbocycles. The van der Waals surface area contributed by atoms with Gasteiger partial charge in [0.1, 0.15) is 5.76 Å². The molecule has 1 heterocycles. The standard InChI is InChI=1S/C10H11ClO2/c1-6(12)9-5-8(11)10(13-9)7-3-2-4-7/h5,7H,2-4H2,1H3. The minimum absolute atomic E-state index is 0.0625. The van der Waals surface area contributed by atoms with Gasteiger partial charge in [0.2, 0.25) is 0 Å². The summed E-state index contributed by atoms with van der Waals surface area (Å²) in [7, 11) is 0. The van der Waals surface area contributed by atoms with Gasteiger partial charge in [-0.1, -0.05) is 18.0 Å². The molecule has 2 rings (SSSR count). The Labute approximate surface area is 81.9 Å². The van der Waals surface area contributed by atoms with Crippen molar-refractivity contribution in [2.75, 3.05) is 0 Å². The molecule has 3 heteroatoms. The van der Waals surface area contributed by atoms with E-state index in [2.05, 4.69) is 0 Å². The average molecular weight is 199 g/mol. The smallest absolute Gasteiger partial charge is 0.194 e. The van der Waals surface area contributed by atoms with Gasteiger partial charge >= 0.3 is 0 Å². The Morgan fingerprint density at radius 2 is 2.31 bits per heavy atom. The van der Waals surface area contributed by atoms with Crippen molar-refractivity contribution in [1.82, 2.24) is 0 Å². The van der Waals surface area contributed by atoms with Crippen molar-refractivity contribution < 1.29 is 9.21 Å². The average Bonchev–Trinajstić information content (AvgIpc) is 2.29. The summed E-state index contributed by atoms with van der Waals surface area (Å²) >= 11 is 5.95. The van der Waals surface area contributed by atoms with E-state index >= 15 is 0 Å². The summed E-state index contributed by atoms with van der Waals surface area (Å²) in [6, 6.07) is 1.62. The van der Waals surface area contributed by atoms with Crippen molar-refractivity contribution in [3.8, 4) is 0 Å². The van der Waals surface area contributed by atoms with Gasteiger partial charge in [0.25, 0.3) is 0 Å². The summed E-state index contributed by atoms with van der Waals surface area (Å²) in [4.78, 5) is 11.0. The molecule has 0 N–H and O–H groups in total. The predicted octanol–water partition coefficient (Wildman–Crippen LogP) is 3.40. The molecule has 1 aliphatic carbocycles. The van der Waals surface area contributed by atoms with E-state index in [1.165, 1.54) is 13.3 Å². The van der Waals surface area contributed by atoms with Crippen LogP contribution in [0.25, 0.3) is 0 Å². The van der Waals surface area contributed by atoms with E-state index in [0.29, 0.717) is 16.7 Å². The topological polar surface area (TPSA) is 30.2 Å². The fourth-order valence-corrected chi connectivity index (χ4v) is 1.80. The molecular formula is C10H11ClO2. The molecule has 0 saturated heterocycles. The van der Waals surface area contributed by atoms with Gasteiger partial charge in [-0.05, 0) is 12.8 Å². The number of Topliss-reactive ketones (excluding diaryl/α,β-unsaturated/α-hetero) is 1. The van der Waals surface area contributed by atoms with Crippen molar-refractivity contribution in [2.45, 2.75) is 32.1 Å². The minimum atomic E-state index is -0.0625. The molecule has 1 aromatic heterocycles. The largest absolute Gasteiger partial charge is 0.456 e. The summed E-state index contributed by atoms with van der Waals surface area (Å²) in [6.07, 6.45) is 3.49. The van der Waals surface area contributed by atoms with Gasteiger partial charge in [0.05, 0.1) is 5.02 Å². The highest BCUT2D eigenvalue weighted by atomic mass is 35.5. The van der Waals surface area contributed by atoms with Crippen LogP contribution >= 0.6 is 11.6 Å². The first kappa shape index (κ1) is 8.82. The van der Waals surface area contributed by atoms with E-state index in [-0.39, 0.29) is 5.78 Å². The van der Waals surface area contributed by atoms with Gasteiger partial charge in [-0.25, -0.2) is 0 Å². The van der Waals surface area contributed by atoms with Crippen LogP contribution in [-0.2, 0) is 0 Å². The molecular weight excluding hydrogens is 188 g/mol. The number of carbonyl (C=O) groups is 1. The van der Waals surface area contributed by atoms with E-state index in [0.717, 1.165) is 18.6 Å². The molecule has 1 aliphatic rings. The molecule has 2 nitrogen and oxygen atoms in total. The van der Waals surface area contributed by atoms with Crippen LogP contribution in [-0.4, -0.2) is 5.78 Å². The highest BCUT2D eigenvalue weighted by Crippen LogP contribution is 2.41. The Morgan fingerprint density at radius 1 is 1.62 bits per heavy atom. The van der Waals surface area contributed by atoms with Crippen LogP contribution in [0.15, 0.2) is 10.5 Å². The number of hydrogen-bond acceptors (Lipinski definition) is 2. The van der Waals surface area contributed by atoms with Gasteiger partial charge in [-0.15, -0.1) is 0 Å². The fourth-order valence-electron chi connectivity index (χ4n) is 1.51. The lowest BCUT2D eigenvalue weighted by Gasteiger charge is -2.23. The van der Waals surface area contributed by atoms with E-state index in [9.17, 15) is 4.79 Å². The second kappa shape index (κ2) is 3.18. The van der Waals surface area contributed by atoms with Crippen LogP contribution in [0.1, 0.15) is 48.4 Å². The SMILES string of the molecule is CC(=O)c1cc(Cl)c(C2CCC2)o1. The molecule has 0 radical (unpaired) electrons. The summed E-state index contributed by atoms with van der Waals surface area (Å²) in [5, 5.41) is 0.606. The van der Waals surface area contributed by atoms with Crippen molar-refractivity contribution in [3.63, 3.8) is 0 Å². The number of furan rings is 1. The van der Waals surface area contributed by atoms with Crippen LogP contribution in [0.5, 0.6) is 0 Å². The Kier molecular flexibility index (Phi) is 2.16. The Balaban J connectivity index is 2.29. The number of halogens is 1. The van der Waals surface area contributed by atoms with Crippen molar-refractivity contribution >= 4 is 17.4 Å². The fraction of sp³-hybridized carbons (Fsp3) is 0.500. The maximum Gasteiger partial charge on any atom is 0.194 e. The lowest BCUT2D eigenvalue weighted by molar-refractivity contribution is 0.0983. The molecule has 0 amide bonds. The molecule has 0 atom stereocenters. The van der Waals surface area contributed by atoms with Crippen molar-refractivity contribution in [1.29, 1.82) is 0 Å². The number of rotatable bonds is 2. The normalized spacial score (nSPS) is 17.1. The molecule has 1 saturated carbocycles. The molecule has 70 valence electrons. The minimum Gasteiger partial charge on any atom is -0.456 e. The third-order valence-corrected chi connectivity index (χ3v) is 2.83. The zero-order valence-corrected chi connectivity index (χ0v) is 8.23. The zero-order chi connectivity index (χ0) is 9.42. The van der Waals surface area contributed by atoms with Gasteiger partial charge in [0, 0.05) is 18.9 Å². The van der Waals surface area contributed by atoms with Crippen LogP contribution < -0.4 is 0 Å². The van der Waals surface area contributed by atoms with Gasteiger partial charge < -0.3 is 4.42 Å². The third kappa shape index (κ3) is 1.51.